The van der Waals surface area contributed by atoms with Crippen molar-refractivity contribution in [1.82, 2.24) is 0 Å². The third-order valence-corrected chi connectivity index (χ3v) is 5.74. The van der Waals surface area contributed by atoms with Crippen LogP contribution in [0.25, 0.3) is 17.4 Å². The molecule has 0 aliphatic heterocycles. The van der Waals surface area contributed by atoms with Crippen molar-refractivity contribution >= 4 is 40.0 Å². The summed E-state index contributed by atoms with van der Waals surface area (Å²) >= 11 is 1.20. The largest absolute Gasteiger partial charge is 0.465 e. The number of methoxy groups -OCH3 is 1. The van der Waals surface area contributed by atoms with E-state index in [-0.39, 0.29) is 27.6 Å². The average Bonchev–Trinajstić information content (AvgIpc) is 3.35. The van der Waals surface area contributed by atoms with Crippen LogP contribution in [0.5, 0.6) is 0 Å². The van der Waals surface area contributed by atoms with E-state index < -0.39 is 16.8 Å². The summed E-state index contributed by atoms with van der Waals surface area (Å²) in [4.78, 5) is 36.0. The van der Waals surface area contributed by atoms with E-state index >= 15 is 0 Å². The number of furan rings is 1. The van der Waals surface area contributed by atoms with Crippen LogP contribution in [0.3, 0.4) is 0 Å². The van der Waals surface area contributed by atoms with Crippen LogP contribution < -0.4 is 5.32 Å². The Morgan fingerprint density at radius 1 is 1.28 bits per heavy atom. The second-order valence-corrected chi connectivity index (χ2v) is 7.84. The Kier molecular flexibility index (Phi) is 6.51. The Balaban J connectivity index is 1.87. The molecule has 0 aliphatic rings. The number of nitro benzene ring substituents is 1. The molecule has 9 nitrogen and oxygen atoms in total. The minimum atomic E-state index is -0.716. The minimum Gasteiger partial charge on any atom is -0.465 e. The fraction of sp³-hybridized carbons (Fsp3) is 0.136. The number of thiophene rings is 1. The number of nitro groups is 1. The summed E-state index contributed by atoms with van der Waals surface area (Å²) in [6, 6.07) is 10.8. The molecule has 2 aromatic heterocycles. The van der Waals surface area contributed by atoms with Crippen molar-refractivity contribution in [1.29, 1.82) is 5.26 Å². The number of hydrogen-bond donors (Lipinski definition) is 1. The van der Waals surface area contributed by atoms with Gasteiger partial charge in [0, 0.05) is 28.6 Å². The maximum atomic E-state index is 12.7. The summed E-state index contributed by atoms with van der Waals surface area (Å²) in [6.45, 7) is 3.55. The van der Waals surface area contributed by atoms with E-state index in [1.807, 2.05) is 6.07 Å². The summed E-state index contributed by atoms with van der Waals surface area (Å²) < 4.78 is 10.4. The summed E-state index contributed by atoms with van der Waals surface area (Å²) in [7, 11) is 1.25. The molecule has 0 radical (unpaired) electrons. The molecule has 0 bridgehead atoms. The first-order chi connectivity index (χ1) is 15.2. The normalized spacial score (nSPS) is 11.0. The Bertz CT molecular complexity index is 1300. The molecule has 0 saturated heterocycles. The molecule has 3 aromatic rings. The molecule has 1 N–H and O–H groups in total. The molecular formula is C22H17N3O6S. The maximum Gasteiger partial charge on any atom is 0.341 e. The molecule has 10 heteroatoms. The van der Waals surface area contributed by atoms with Crippen molar-refractivity contribution in [3.8, 4) is 17.4 Å². The number of nitrogens with one attached hydrogen (secondary N) is 1. The molecule has 162 valence electrons. The molecular weight excluding hydrogens is 434 g/mol. The Morgan fingerprint density at radius 2 is 2.03 bits per heavy atom. The van der Waals surface area contributed by atoms with Gasteiger partial charge in [0.15, 0.2) is 0 Å². The minimum absolute atomic E-state index is 0.0870. The van der Waals surface area contributed by atoms with E-state index in [1.54, 1.807) is 26.0 Å². The van der Waals surface area contributed by atoms with Crippen molar-refractivity contribution in [3.05, 3.63) is 73.8 Å². The predicted molar refractivity (Wildman–Crippen MR) is 118 cm³/mol. The van der Waals surface area contributed by atoms with E-state index in [4.69, 9.17) is 9.15 Å². The topological polar surface area (TPSA) is 135 Å². The van der Waals surface area contributed by atoms with Crippen molar-refractivity contribution in [3.63, 3.8) is 0 Å². The number of ether oxygens (including phenoxy) is 1. The van der Waals surface area contributed by atoms with E-state index in [0.29, 0.717) is 16.9 Å². The monoisotopic (exact) mass is 451 g/mol. The number of amides is 1. The predicted octanol–water partition coefficient (Wildman–Crippen LogP) is 4.87. The van der Waals surface area contributed by atoms with Crippen molar-refractivity contribution in [2.75, 3.05) is 12.4 Å². The zero-order chi connectivity index (χ0) is 23.4. The number of rotatable bonds is 6. The third kappa shape index (κ3) is 4.58. The summed E-state index contributed by atoms with van der Waals surface area (Å²) in [6.07, 6.45) is 1.25. The number of carbonyl (C=O) groups excluding carboxylic acids is 2. The second kappa shape index (κ2) is 9.28. The van der Waals surface area contributed by atoms with Gasteiger partial charge in [-0.05, 0) is 31.5 Å². The van der Waals surface area contributed by atoms with Gasteiger partial charge in [0.25, 0.3) is 11.6 Å². The first kappa shape index (κ1) is 22.5. The van der Waals surface area contributed by atoms with Crippen LogP contribution in [0.4, 0.5) is 10.7 Å². The van der Waals surface area contributed by atoms with Gasteiger partial charge in [0.1, 0.15) is 28.2 Å². The smallest absolute Gasteiger partial charge is 0.341 e. The molecule has 3 rings (SSSR count). The molecule has 0 saturated carbocycles. The number of carbonyl (C=O) groups is 2. The number of nitrogens with zero attached hydrogens (tertiary/aromatic N) is 2. The van der Waals surface area contributed by atoms with Gasteiger partial charge >= 0.3 is 5.97 Å². The van der Waals surface area contributed by atoms with Gasteiger partial charge in [-0.3, -0.25) is 14.9 Å². The Hall–Kier alpha value is -4.23. The van der Waals surface area contributed by atoms with Crippen LogP contribution in [-0.4, -0.2) is 23.9 Å². The molecule has 0 unspecified atom stereocenters. The van der Waals surface area contributed by atoms with E-state index in [1.165, 1.54) is 48.8 Å². The lowest BCUT2D eigenvalue weighted by Gasteiger charge is -2.05. The third-order valence-electron chi connectivity index (χ3n) is 4.62. The van der Waals surface area contributed by atoms with Crippen LogP contribution in [0.15, 0.2) is 46.4 Å². The Morgan fingerprint density at radius 3 is 2.69 bits per heavy atom. The highest BCUT2D eigenvalue weighted by molar-refractivity contribution is 7.16. The fourth-order valence-corrected chi connectivity index (χ4v) is 3.93. The summed E-state index contributed by atoms with van der Waals surface area (Å²) in [5.41, 5.74) is 1.08. The molecule has 0 fully saturated rings. The van der Waals surface area contributed by atoms with Crippen LogP contribution in [0.2, 0.25) is 0 Å². The van der Waals surface area contributed by atoms with Crippen molar-refractivity contribution in [2.24, 2.45) is 0 Å². The van der Waals surface area contributed by atoms with E-state index in [9.17, 15) is 25.0 Å². The van der Waals surface area contributed by atoms with Crippen LogP contribution in [-0.2, 0) is 9.53 Å². The SMILES string of the molecule is COC(=O)c1c(NC(=O)C(C#N)=Cc2ccc(-c3cccc([N+](=O)[O-])c3)o2)sc(C)c1C. The molecule has 1 amide bonds. The molecule has 1 aromatic carbocycles. The number of nitriles is 1. The Labute approximate surface area is 186 Å². The first-order valence-corrected chi connectivity index (χ1v) is 10.0. The number of benzene rings is 1. The average molecular weight is 451 g/mol. The highest BCUT2D eigenvalue weighted by Crippen LogP contribution is 2.33. The highest BCUT2D eigenvalue weighted by Gasteiger charge is 2.23. The highest BCUT2D eigenvalue weighted by atomic mass is 32.1. The first-order valence-electron chi connectivity index (χ1n) is 9.21. The van der Waals surface area contributed by atoms with Gasteiger partial charge in [-0.25, -0.2) is 4.79 Å². The lowest BCUT2D eigenvalue weighted by molar-refractivity contribution is -0.384. The number of hydrogen-bond acceptors (Lipinski definition) is 8. The van der Waals surface area contributed by atoms with E-state index in [2.05, 4.69) is 5.32 Å². The van der Waals surface area contributed by atoms with Gasteiger partial charge < -0.3 is 14.5 Å². The zero-order valence-electron chi connectivity index (χ0n) is 17.3. The molecule has 0 spiro atoms. The zero-order valence-corrected chi connectivity index (χ0v) is 18.1. The standard InChI is InChI=1S/C22H17N3O6S/c1-12-13(2)32-21(19(12)22(27)30-3)24-20(26)15(11-23)10-17-7-8-18(31-17)14-5-4-6-16(9-14)25(28)29/h4-10H,1-3H3,(H,24,26). The van der Waals surface area contributed by atoms with Gasteiger partial charge in [0.2, 0.25) is 0 Å². The van der Waals surface area contributed by atoms with Crippen molar-refractivity contribution < 1.29 is 23.7 Å². The second-order valence-electron chi connectivity index (χ2n) is 6.61. The van der Waals surface area contributed by atoms with Crippen LogP contribution in [0, 0.1) is 35.3 Å². The summed E-state index contributed by atoms with van der Waals surface area (Å²) in [5.74, 6) is -0.746. The maximum absolute atomic E-state index is 12.7. The molecule has 32 heavy (non-hydrogen) atoms. The van der Waals surface area contributed by atoms with Gasteiger partial charge in [0.05, 0.1) is 17.6 Å². The number of aryl methyl sites for hydroxylation is 1. The quantitative estimate of drug-likeness (QED) is 0.186. The van der Waals surface area contributed by atoms with Crippen molar-refractivity contribution in [2.45, 2.75) is 13.8 Å². The fourth-order valence-electron chi connectivity index (χ4n) is 2.88. The van der Waals surface area contributed by atoms with E-state index in [0.717, 1.165) is 4.88 Å². The van der Waals surface area contributed by atoms with Gasteiger partial charge in [-0.1, -0.05) is 12.1 Å². The summed E-state index contributed by atoms with van der Waals surface area (Å²) in [5, 5.41) is 23.3. The molecule has 0 aliphatic carbocycles. The van der Waals surface area contributed by atoms with Crippen LogP contribution in [0.1, 0.15) is 26.6 Å². The lowest BCUT2D eigenvalue weighted by atomic mass is 10.1. The molecule has 2 heterocycles. The molecule has 0 atom stereocenters. The number of anilines is 1. The van der Waals surface area contributed by atoms with Crippen LogP contribution >= 0.6 is 11.3 Å². The van der Waals surface area contributed by atoms with Gasteiger partial charge in [-0.15, -0.1) is 11.3 Å². The van der Waals surface area contributed by atoms with Gasteiger partial charge in [-0.2, -0.15) is 5.26 Å². The number of esters is 1. The number of non-ortho nitro benzene ring substituents is 1. The lowest BCUT2D eigenvalue weighted by Crippen LogP contribution is -2.15.